The van der Waals surface area contributed by atoms with Gasteiger partial charge in [0.1, 0.15) is 17.1 Å². The van der Waals surface area contributed by atoms with E-state index in [1.54, 1.807) is 58.2 Å². The maximum atomic E-state index is 12.6. The number of carbonyl (C=O) groups excluding carboxylic acids is 1. The van der Waals surface area contributed by atoms with Crippen molar-refractivity contribution >= 4 is 16.9 Å². The van der Waals surface area contributed by atoms with Gasteiger partial charge >= 0.3 is 11.6 Å². The van der Waals surface area contributed by atoms with E-state index >= 15 is 0 Å². The van der Waals surface area contributed by atoms with Crippen molar-refractivity contribution in [2.45, 2.75) is 27.7 Å². The monoisotopic (exact) mass is 366 g/mol. The second-order valence-electron chi connectivity index (χ2n) is 7.42. The number of hydrogen-bond donors (Lipinski definition) is 0. The molecular weight excluding hydrogens is 344 g/mol. The van der Waals surface area contributed by atoms with E-state index in [-0.39, 0.29) is 5.97 Å². The van der Waals surface area contributed by atoms with Crippen molar-refractivity contribution in [1.29, 1.82) is 0 Å². The third-order valence-corrected chi connectivity index (χ3v) is 4.34. The summed E-state index contributed by atoms with van der Waals surface area (Å²) < 4.78 is 16.1. The van der Waals surface area contributed by atoms with Gasteiger partial charge in [0.25, 0.3) is 0 Å². The molecule has 0 radical (unpaired) electrons. The van der Waals surface area contributed by atoms with Crippen molar-refractivity contribution < 1.29 is 18.7 Å². The summed E-state index contributed by atoms with van der Waals surface area (Å²) >= 11 is 0. The Morgan fingerprint density at radius 3 is 2.22 bits per heavy atom. The molecule has 1 heterocycles. The minimum atomic E-state index is -0.621. The van der Waals surface area contributed by atoms with Gasteiger partial charge in [-0.25, -0.2) is 4.79 Å². The number of benzene rings is 2. The molecule has 0 unspecified atom stereocenters. The summed E-state index contributed by atoms with van der Waals surface area (Å²) in [5.74, 6) is 0.713. The van der Waals surface area contributed by atoms with Crippen LogP contribution in [0.3, 0.4) is 0 Å². The normalized spacial score (nSPS) is 11.4. The van der Waals surface area contributed by atoms with Gasteiger partial charge in [0, 0.05) is 11.5 Å². The molecule has 0 saturated carbocycles. The highest BCUT2D eigenvalue weighted by atomic mass is 16.5. The fraction of sp³-hybridized carbons (Fsp3) is 0.273. The van der Waals surface area contributed by atoms with Crippen LogP contribution >= 0.6 is 0 Å². The van der Waals surface area contributed by atoms with E-state index in [9.17, 15) is 9.59 Å². The quantitative estimate of drug-likeness (QED) is 0.381. The first-order chi connectivity index (χ1) is 12.7. The molecule has 0 atom stereocenters. The SMILES string of the molecule is COc1ccc(-c2c(C)c3ccc(OC(=O)C(C)(C)C)cc3oc2=O)cc1. The lowest BCUT2D eigenvalue weighted by atomic mass is 9.97. The molecule has 0 spiro atoms. The zero-order valence-corrected chi connectivity index (χ0v) is 16.1. The van der Waals surface area contributed by atoms with Crippen molar-refractivity contribution in [3.63, 3.8) is 0 Å². The molecule has 0 amide bonds. The maximum Gasteiger partial charge on any atom is 0.344 e. The molecule has 3 aromatic rings. The highest BCUT2D eigenvalue weighted by molar-refractivity contribution is 5.88. The minimum absolute atomic E-state index is 0.349. The topological polar surface area (TPSA) is 65.7 Å². The minimum Gasteiger partial charge on any atom is -0.497 e. The molecule has 3 rings (SSSR count). The van der Waals surface area contributed by atoms with Crippen molar-refractivity contribution in [3.05, 3.63) is 58.4 Å². The van der Waals surface area contributed by atoms with Crippen LogP contribution in [-0.4, -0.2) is 13.1 Å². The van der Waals surface area contributed by atoms with Gasteiger partial charge in [0.05, 0.1) is 18.1 Å². The van der Waals surface area contributed by atoms with Gasteiger partial charge < -0.3 is 13.9 Å². The molecule has 0 bridgehead atoms. The first-order valence-corrected chi connectivity index (χ1v) is 8.65. The highest BCUT2D eigenvalue weighted by Crippen LogP contribution is 2.30. The predicted molar refractivity (Wildman–Crippen MR) is 104 cm³/mol. The fourth-order valence-corrected chi connectivity index (χ4v) is 2.75. The first-order valence-electron chi connectivity index (χ1n) is 8.65. The van der Waals surface area contributed by atoms with E-state index in [0.29, 0.717) is 22.6 Å². The Balaban J connectivity index is 2.06. The summed E-state index contributed by atoms with van der Waals surface area (Å²) in [4.78, 5) is 24.7. The molecule has 0 fully saturated rings. The molecule has 1 aromatic heterocycles. The van der Waals surface area contributed by atoms with Crippen LogP contribution in [0.1, 0.15) is 26.3 Å². The van der Waals surface area contributed by atoms with Gasteiger partial charge in [-0.05, 0) is 63.1 Å². The number of carbonyl (C=O) groups is 1. The molecule has 0 aliphatic rings. The van der Waals surface area contributed by atoms with Gasteiger partial charge in [0.2, 0.25) is 0 Å². The number of fused-ring (bicyclic) bond motifs is 1. The molecule has 140 valence electrons. The van der Waals surface area contributed by atoms with E-state index in [2.05, 4.69) is 0 Å². The molecular formula is C22H22O5. The fourth-order valence-electron chi connectivity index (χ4n) is 2.75. The lowest BCUT2D eigenvalue weighted by Gasteiger charge is -2.16. The van der Waals surface area contributed by atoms with Crippen molar-refractivity contribution in [1.82, 2.24) is 0 Å². The van der Waals surface area contributed by atoms with E-state index in [4.69, 9.17) is 13.9 Å². The first kappa shape index (κ1) is 18.7. The number of rotatable bonds is 3. The highest BCUT2D eigenvalue weighted by Gasteiger charge is 2.24. The standard InChI is InChI=1S/C22H22O5/c1-13-17-11-10-16(26-21(24)22(2,3)4)12-18(17)27-20(23)19(13)14-6-8-15(25-5)9-7-14/h6-12H,1-5H3. The summed E-state index contributed by atoms with van der Waals surface area (Å²) in [7, 11) is 1.59. The summed E-state index contributed by atoms with van der Waals surface area (Å²) in [6.45, 7) is 7.21. The average Bonchev–Trinajstić information content (AvgIpc) is 2.61. The zero-order valence-electron chi connectivity index (χ0n) is 16.1. The molecule has 27 heavy (non-hydrogen) atoms. The number of hydrogen-bond acceptors (Lipinski definition) is 5. The number of ether oxygens (including phenoxy) is 2. The molecule has 5 nitrogen and oxygen atoms in total. The van der Waals surface area contributed by atoms with Crippen LogP contribution in [0.2, 0.25) is 0 Å². The van der Waals surface area contributed by atoms with Gasteiger partial charge in [0.15, 0.2) is 0 Å². The van der Waals surface area contributed by atoms with E-state index in [0.717, 1.165) is 16.5 Å². The Hall–Kier alpha value is -3.08. The van der Waals surface area contributed by atoms with Crippen LogP contribution in [0.5, 0.6) is 11.5 Å². The summed E-state index contributed by atoms with van der Waals surface area (Å²) in [6.07, 6.45) is 0. The van der Waals surface area contributed by atoms with Crippen LogP contribution in [0.25, 0.3) is 22.1 Å². The smallest absolute Gasteiger partial charge is 0.344 e. The second kappa shape index (κ2) is 6.91. The van der Waals surface area contributed by atoms with E-state index < -0.39 is 11.0 Å². The largest absolute Gasteiger partial charge is 0.497 e. The molecule has 0 N–H and O–H groups in total. The van der Waals surface area contributed by atoms with Crippen molar-refractivity contribution in [3.8, 4) is 22.6 Å². The second-order valence-corrected chi connectivity index (χ2v) is 7.42. The Morgan fingerprint density at radius 2 is 1.63 bits per heavy atom. The number of aryl methyl sites for hydroxylation is 1. The van der Waals surface area contributed by atoms with E-state index in [1.165, 1.54) is 0 Å². The van der Waals surface area contributed by atoms with E-state index in [1.807, 2.05) is 19.1 Å². The summed E-state index contributed by atoms with van der Waals surface area (Å²) in [6, 6.07) is 12.3. The third-order valence-electron chi connectivity index (χ3n) is 4.34. The lowest BCUT2D eigenvalue weighted by molar-refractivity contribution is -0.142. The molecule has 2 aromatic carbocycles. The predicted octanol–water partition coefficient (Wildman–Crippen LogP) is 4.73. The van der Waals surface area contributed by atoms with Crippen molar-refractivity contribution in [2.75, 3.05) is 7.11 Å². The Labute approximate surface area is 157 Å². The lowest BCUT2D eigenvalue weighted by Crippen LogP contribution is -2.25. The van der Waals surface area contributed by atoms with Crippen LogP contribution in [0, 0.1) is 12.3 Å². The van der Waals surface area contributed by atoms with Gasteiger partial charge in [-0.2, -0.15) is 0 Å². The molecule has 5 heteroatoms. The maximum absolute atomic E-state index is 12.6. The molecule has 0 aliphatic carbocycles. The van der Waals surface area contributed by atoms with Crippen LogP contribution < -0.4 is 15.1 Å². The molecule has 0 saturated heterocycles. The number of esters is 1. The zero-order chi connectivity index (χ0) is 19.8. The third kappa shape index (κ3) is 3.72. The Bertz CT molecular complexity index is 1050. The molecule has 0 aliphatic heterocycles. The van der Waals surface area contributed by atoms with Gasteiger partial charge in [-0.3, -0.25) is 4.79 Å². The number of methoxy groups -OCH3 is 1. The van der Waals surface area contributed by atoms with Crippen LogP contribution in [-0.2, 0) is 4.79 Å². The summed E-state index contributed by atoms with van der Waals surface area (Å²) in [5, 5.41) is 0.788. The Kier molecular flexibility index (Phi) is 4.79. The van der Waals surface area contributed by atoms with Crippen molar-refractivity contribution in [2.24, 2.45) is 5.41 Å². The Morgan fingerprint density at radius 1 is 1.00 bits per heavy atom. The van der Waals surface area contributed by atoms with Gasteiger partial charge in [-0.1, -0.05) is 12.1 Å². The average molecular weight is 366 g/mol. The summed E-state index contributed by atoms with van der Waals surface area (Å²) in [5.41, 5.74) is 1.39. The van der Waals surface area contributed by atoms with Crippen LogP contribution in [0.4, 0.5) is 0 Å². The van der Waals surface area contributed by atoms with Gasteiger partial charge in [-0.15, -0.1) is 0 Å². The van der Waals surface area contributed by atoms with Crippen LogP contribution in [0.15, 0.2) is 51.7 Å².